The summed E-state index contributed by atoms with van der Waals surface area (Å²) < 4.78 is 6.22. The van der Waals surface area contributed by atoms with Crippen LogP contribution in [0.25, 0.3) is 20.8 Å². The minimum absolute atomic E-state index is 0.287. The number of rotatable bonds is 4. The predicted octanol–water partition coefficient (Wildman–Crippen LogP) is 4.27. The first-order valence-corrected chi connectivity index (χ1v) is 8.48. The number of benzene rings is 2. The van der Waals surface area contributed by atoms with Gasteiger partial charge >= 0.3 is 6.03 Å². The van der Waals surface area contributed by atoms with Crippen molar-refractivity contribution in [3.05, 3.63) is 66.9 Å². The van der Waals surface area contributed by atoms with Gasteiger partial charge in [0, 0.05) is 11.3 Å². The number of oxazole rings is 1. The first kappa shape index (κ1) is 15.3. The normalized spacial score (nSPS) is 10.7. The first-order chi connectivity index (χ1) is 12.3. The maximum atomic E-state index is 11.9. The van der Waals surface area contributed by atoms with Gasteiger partial charge in [-0.3, -0.25) is 0 Å². The van der Waals surface area contributed by atoms with E-state index in [-0.39, 0.29) is 12.6 Å². The second-order valence-electron chi connectivity index (χ2n) is 5.34. The number of nitrogens with zero attached hydrogens (tertiary/aromatic N) is 2. The number of fused-ring (bicyclic) bond motifs is 1. The average Bonchev–Trinajstić information content (AvgIpc) is 3.30. The number of hydrogen-bond donors (Lipinski definition) is 2. The van der Waals surface area contributed by atoms with Gasteiger partial charge in [0.05, 0.1) is 23.0 Å². The van der Waals surface area contributed by atoms with Crippen LogP contribution in [0.1, 0.15) is 5.76 Å². The number of urea groups is 1. The van der Waals surface area contributed by atoms with Crippen molar-refractivity contribution < 1.29 is 9.21 Å². The van der Waals surface area contributed by atoms with Gasteiger partial charge in [0.15, 0.2) is 6.39 Å². The molecule has 0 spiro atoms. The van der Waals surface area contributed by atoms with Crippen molar-refractivity contribution in [1.29, 1.82) is 0 Å². The third kappa shape index (κ3) is 3.51. The van der Waals surface area contributed by atoms with Gasteiger partial charge in [-0.25, -0.2) is 14.8 Å². The summed E-state index contributed by atoms with van der Waals surface area (Å²) in [6.07, 6.45) is 2.89. The zero-order valence-corrected chi connectivity index (χ0v) is 13.9. The van der Waals surface area contributed by atoms with Crippen molar-refractivity contribution in [3.8, 4) is 10.6 Å². The molecular formula is C18H14N4O2S. The highest BCUT2D eigenvalue weighted by molar-refractivity contribution is 7.21. The Balaban J connectivity index is 1.42. The van der Waals surface area contributed by atoms with Crippen LogP contribution in [0.3, 0.4) is 0 Å². The smallest absolute Gasteiger partial charge is 0.319 e. The number of carbonyl (C=O) groups is 1. The van der Waals surface area contributed by atoms with Gasteiger partial charge in [-0.1, -0.05) is 12.1 Å². The molecule has 0 fully saturated rings. The standard InChI is InChI=1S/C18H14N4O2S/c23-18(20-10-14-9-19-11-24-14)21-13-7-5-12(6-8-13)17-22-15-3-1-2-4-16(15)25-17/h1-9,11H,10H2,(H2,20,21,23). The van der Waals surface area contributed by atoms with Gasteiger partial charge in [0.2, 0.25) is 0 Å². The maximum absolute atomic E-state index is 11.9. The highest BCUT2D eigenvalue weighted by atomic mass is 32.1. The number of nitrogens with one attached hydrogen (secondary N) is 2. The molecule has 0 unspecified atom stereocenters. The van der Waals surface area contributed by atoms with E-state index in [1.807, 2.05) is 42.5 Å². The fourth-order valence-corrected chi connectivity index (χ4v) is 3.34. The number of aromatic nitrogens is 2. The lowest BCUT2D eigenvalue weighted by Gasteiger charge is -2.06. The molecule has 2 amide bonds. The molecule has 25 heavy (non-hydrogen) atoms. The van der Waals surface area contributed by atoms with Gasteiger partial charge in [-0.05, 0) is 36.4 Å². The van der Waals surface area contributed by atoms with E-state index < -0.39 is 0 Å². The summed E-state index contributed by atoms with van der Waals surface area (Å²) in [6, 6.07) is 15.4. The summed E-state index contributed by atoms with van der Waals surface area (Å²) in [5.74, 6) is 0.598. The van der Waals surface area contributed by atoms with Crippen LogP contribution in [0.5, 0.6) is 0 Å². The number of thiazole rings is 1. The minimum Gasteiger partial charge on any atom is -0.447 e. The molecule has 7 heteroatoms. The number of hydrogen-bond acceptors (Lipinski definition) is 5. The lowest BCUT2D eigenvalue weighted by atomic mass is 10.2. The summed E-state index contributed by atoms with van der Waals surface area (Å²) >= 11 is 1.65. The summed E-state index contributed by atoms with van der Waals surface area (Å²) in [5, 5.41) is 6.44. The van der Waals surface area contributed by atoms with Crippen LogP contribution in [0.15, 0.2) is 65.5 Å². The molecule has 4 aromatic rings. The van der Waals surface area contributed by atoms with E-state index in [0.717, 1.165) is 20.8 Å². The fourth-order valence-electron chi connectivity index (χ4n) is 2.36. The van der Waals surface area contributed by atoms with Crippen molar-refractivity contribution in [2.24, 2.45) is 0 Å². The van der Waals surface area contributed by atoms with Crippen molar-refractivity contribution in [2.75, 3.05) is 5.32 Å². The Bertz CT molecular complexity index is 961. The van der Waals surface area contributed by atoms with Crippen LogP contribution in [0.4, 0.5) is 10.5 Å². The third-order valence-corrected chi connectivity index (χ3v) is 4.68. The largest absolute Gasteiger partial charge is 0.447 e. The summed E-state index contributed by atoms with van der Waals surface area (Å²) in [4.78, 5) is 20.3. The Labute approximate surface area is 147 Å². The van der Waals surface area contributed by atoms with E-state index in [1.54, 1.807) is 17.5 Å². The van der Waals surface area contributed by atoms with E-state index in [4.69, 9.17) is 4.42 Å². The van der Waals surface area contributed by atoms with E-state index >= 15 is 0 Å². The number of para-hydroxylation sites is 1. The highest BCUT2D eigenvalue weighted by Crippen LogP contribution is 2.30. The molecule has 6 nitrogen and oxygen atoms in total. The minimum atomic E-state index is -0.302. The monoisotopic (exact) mass is 350 g/mol. The average molecular weight is 350 g/mol. The Kier molecular flexibility index (Phi) is 4.14. The molecule has 124 valence electrons. The Hall–Kier alpha value is -3.19. The Morgan fingerprint density at radius 1 is 1.12 bits per heavy atom. The van der Waals surface area contributed by atoms with Crippen molar-refractivity contribution in [1.82, 2.24) is 15.3 Å². The predicted molar refractivity (Wildman–Crippen MR) is 97.4 cm³/mol. The van der Waals surface area contributed by atoms with Crippen LogP contribution < -0.4 is 10.6 Å². The van der Waals surface area contributed by atoms with E-state index in [2.05, 4.69) is 26.7 Å². The maximum Gasteiger partial charge on any atom is 0.319 e. The molecule has 2 aromatic heterocycles. The number of amides is 2. The van der Waals surface area contributed by atoms with Crippen LogP contribution in [0, 0.1) is 0 Å². The topological polar surface area (TPSA) is 80.0 Å². The molecule has 0 aliphatic heterocycles. The molecule has 2 heterocycles. The second-order valence-corrected chi connectivity index (χ2v) is 6.37. The van der Waals surface area contributed by atoms with Gasteiger partial charge < -0.3 is 15.1 Å². The molecule has 0 atom stereocenters. The van der Waals surface area contributed by atoms with E-state index in [0.29, 0.717) is 11.4 Å². The molecule has 0 saturated carbocycles. The van der Waals surface area contributed by atoms with Gasteiger partial charge in [-0.2, -0.15) is 0 Å². The van der Waals surface area contributed by atoms with E-state index in [1.165, 1.54) is 6.39 Å². The molecule has 0 radical (unpaired) electrons. The molecular weight excluding hydrogens is 336 g/mol. The molecule has 4 rings (SSSR count). The van der Waals surface area contributed by atoms with Crippen molar-refractivity contribution >= 4 is 33.3 Å². The molecule has 0 aliphatic carbocycles. The van der Waals surface area contributed by atoms with Gasteiger partial charge in [-0.15, -0.1) is 11.3 Å². The highest BCUT2D eigenvalue weighted by Gasteiger charge is 2.07. The quantitative estimate of drug-likeness (QED) is 0.576. The fraction of sp³-hybridized carbons (Fsp3) is 0.0556. The van der Waals surface area contributed by atoms with Crippen LogP contribution in [-0.2, 0) is 6.54 Å². The molecule has 2 aromatic carbocycles. The zero-order valence-electron chi connectivity index (χ0n) is 13.1. The second kappa shape index (κ2) is 6.74. The summed E-state index contributed by atoms with van der Waals surface area (Å²) in [6.45, 7) is 0.287. The summed E-state index contributed by atoms with van der Waals surface area (Å²) in [7, 11) is 0. The molecule has 0 aliphatic rings. The molecule has 0 saturated heterocycles. The zero-order chi connectivity index (χ0) is 17.1. The van der Waals surface area contributed by atoms with Crippen molar-refractivity contribution in [2.45, 2.75) is 6.54 Å². The first-order valence-electron chi connectivity index (χ1n) is 7.66. The van der Waals surface area contributed by atoms with Gasteiger partial charge in [0.25, 0.3) is 0 Å². The van der Waals surface area contributed by atoms with Crippen LogP contribution in [-0.4, -0.2) is 16.0 Å². The SMILES string of the molecule is O=C(NCc1cnco1)Nc1ccc(-c2nc3ccccc3s2)cc1. The third-order valence-electron chi connectivity index (χ3n) is 3.59. The van der Waals surface area contributed by atoms with E-state index in [9.17, 15) is 4.79 Å². The number of carbonyl (C=O) groups excluding carboxylic acids is 1. The van der Waals surface area contributed by atoms with Crippen molar-refractivity contribution in [3.63, 3.8) is 0 Å². The van der Waals surface area contributed by atoms with Crippen LogP contribution in [0.2, 0.25) is 0 Å². The lowest BCUT2D eigenvalue weighted by Crippen LogP contribution is -2.27. The Morgan fingerprint density at radius 2 is 1.96 bits per heavy atom. The molecule has 2 N–H and O–H groups in total. The van der Waals surface area contributed by atoms with Crippen LogP contribution >= 0.6 is 11.3 Å². The Morgan fingerprint density at radius 3 is 2.72 bits per heavy atom. The number of anilines is 1. The summed E-state index contributed by atoms with van der Waals surface area (Å²) in [5.41, 5.74) is 2.73. The lowest BCUT2D eigenvalue weighted by molar-refractivity contribution is 0.251. The molecule has 0 bridgehead atoms. The van der Waals surface area contributed by atoms with Gasteiger partial charge in [0.1, 0.15) is 10.8 Å².